The molecule has 87 heavy (non-hydrogen) atoms. The van der Waals surface area contributed by atoms with Crippen LogP contribution in [0.3, 0.4) is 0 Å². The van der Waals surface area contributed by atoms with Gasteiger partial charge in [-0.3, -0.25) is 4.79 Å². The zero-order valence-corrected chi connectivity index (χ0v) is 54.5. The normalized spacial score (nSPS) is 28.5. The summed E-state index contributed by atoms with van der Waals surface area (Å²) in [6.07, 6.45) is 27.5. The van der Waals surface area contributed by atoms with Gasteiger partial charge in [-0.15, -0.1) is 0 Å². The average Bonchev–Trinajstić information content (AvgIpc) is 2.37. The Morgan fingerprint density at radius 2 is 0.655 bits per heavy atom. The van der Waals surface area contributed by atoms with Gasteiger partial charge in [-0.1, -0.05) is 277 Å². The van der Waals surface area contributed by atoms with E-state index in [1.807, 2.05) is 0 Å². The topological polar surface area (TPSA) is 307 Å². The van der Waals surface area contributed by atoms with Crippen molar-refractivity contribution in [2.45, 2.75) is 401 Å². The molecular weight excluding hydrogens is 1120 g/mol. The maximum Gasteiger partial charge on any atom is 0.220 e. The van der Waals surface area contributed by atoms with Crippen molar-refractivity contribution >= 4 is 5.91 Å². The van der Waals surface area contributed by atoms with Crippen LogP contribution < -0.4 is 5.32 Å². The van der Waals surface area contributed by atoms with Crippen LogP contribution in [0, 0.1) is 0 Å². The van der Waals surface area contributed by atoms with E-state index in [0.717, 1.165) is 44.9 Å². The van der Waals surface area contributed by atoms with Gasteiger partial charge in [0.25, 0.3) is 0 Å². The summed E-state index contributed by atoms with van der Waals surface area (Å²) >= 11 is 0. The predicted molar refractivity (Wildman–Crippen MR) is 337 cm³/mol. The van der Waals surface area contributed by atoms with Crippen molar-refractivity contribution in [2.75, 3.05) is 26.4 Å². The van der Waals surface area contributed by atoms with Crippen LogP contribution in [0.15, 0.2) is 0 Å². The highest BCUT2D eigenvalue weighted by Gasteiger charge is 2.53. The molecule has 3 saturated heterocycles. The summed E-state index contributed by atoms with van der Waals surface area (Å²) < 4.78 is 34.4. The first-order valence-corrected chi connectivity index (χ1v) is 35.8. The van der Waals surface area contributed by atoms with Gasteiger partial charge in [-0.05, 0) is 12.8 Å². The molecule has 17 unspecified atom stereocenters. The van der Waals surface area contributed by atoms with Gasteiger partial charge in [-0.25, -0.2) is 0 Å². The van der Waals surface area contributed by atoms with Crippen molar-refractivity contribution in [3.8, 4) is 0 Å². The summed E-state index contributed by atoms with van der Waals surface area (Å²) in [5, 5.41) is 121. The fourth-order valence-corrected chi connectivity index (χ4v) is 12.6. The average molecular weight is 1250 g/mol. The Labute approximate surface area is 525 Å². The summed E-state index contributed by atoms with van der Waals surface area (Å²) in [5.41, 5.74) is 0. The summed E-state index contributed by atoms with van der Waals surface area (Å²) in [5.74, 6) is -0.235. The Hall–Kier alpha value is -1.21. The highest BCUT2D eigenvalue weighted by molar-refractivity contribution is 5.76. The maximum atomic E-state index is 13.4. The molecule has 17 atom stereocenters. The Morgan fingerprint density at radius 1 is 0.368 bits per heavy atom. The van der Waals surface area contributed by atoms with Gasteiger partial charge in [0.2, 0.25) is 5.91 Å². The van der Waals surface area contributed by atoms with Gasteiger partial charge < -0.3 is 89.9 Å². The number of amides is 1. The Bertz CT molecular complexity index is 1590. The van der Waals surface area contributed by atoms with Crippen molar-refractivity contribution in [1.82, 2.24) is 5.32 Å². The molecule has 12 N–H and O–H groups in total. The molecule has 19 nitrogen and oxygen atoms in total. The Morgan fingerprint density at radius 3 is 1.00 bits per heavy atom. The third-order valence-corrected chi connectivity index (χ3v) is 18.4. The van der Waals surface area contributed by atoms with E-state index < -0.39 is 124 Å². The number of carbonyl (C=O) groups excluding carboxylic acids is 1. The lowest BCUT2D eigenvalue weighted by Gasteiger charge is -2.48. The van der Waals surface area contributed by atoms with Gasteiger partial charge in [-0.2, -0.15) is 0 Å². The van der Waals surface area contributed by atoms with Crippen molar-refractivity contribution in [3.05, 3.63) is 0 Å². The summed E-state index contributed by atoms with van der Waals surface area (Å²) in [6, 6.07) is -0.882. The summed E-state index contributed by atoms with van der Waals surface area (Å²) in [7, 11) is 0. The van der Waals surface area contributed by atoms with Gasteiger partial charge in [0, 0.05) is 6.42 Å². The van der Waals surface area contributed by atoms with E-state index >= 15 is 0 Å². The molecule has 1 amide bonds. The second kappa shape index (κ2) is 51.2. The molecule has 3 heterocycles. The van der Waals surface area contributed by atoms with E-state index in [0.29, 0.717) is 12.8 Å². The van der Waals surface area contributed by atoms with Gasteiger partial charge in [0.15, 0.2) is 18.9 Å². The highest BCUT2D eigenvalue weighted by atomic mass is 16.8. The third-order valence-electron chi connectivity index (χ3n) is 18.4. The summed E-state index contributed by atoms with van der Waals surface area (Å²) in [6.45, 7) is 1.85. The molecule has 0 aliphatic carbocycles. The van der Waals surface area contributed by atoms with Crippen LogP contribution in [-0.4, -0.2) is 193 Å². The van der Waals surface area contributed by atoms with Crippen LogP contribution in [-0.2, 0) is 33.2 Å². The predicted octanol–water partition coefficient (Wildman–Crippen LogP) is 9.50. The number of ether oxygens (including phenoxy) is 6. The van der Waals surface area contributed by atoms with Gasteiger partial charge >= 0.3 is 0 Å². The van der Waals surface area contributed by atoms with E-state index in [2.05, 4.69) is 19.2 Å². The molecule has 0 bridgehead atoms. The monoisotopic (exact) mass is 1250 g/mol. The number of carbonyl (C=O) groups is 1. The maximum absolute atomic E-state index is 13.4. The van der Waals surface area contributed by atoms with Crippen LogP contribution in [0.25, 0.3) is 0 Å². The zero-order valence-electron chi connectivity index (χ0n) is 54.5. The first-order chi connectivity index (χ1) is 42.3. The number of rotatable bonds is 56. The fourth-order valence-electron chi connectivity index (χ4n) is 12.6. The van der Waals surface area contributed by atoms with Crippen LogP contribution in [0.5, 0.6) is 0 Å². The third kappa shape index (κ3) is 33.5. The van der Waals surface area contributed by atoms with Crippen molar-refractivity contribution < 1.29 is 89.4 Å². The minimum Gasteiger partial charge on any atom is -0.394 e. The quantitative estimate of drug-likeness (QED) is 0.0252. The molecule has 3 fully saturated rings. The standard InChI is InChI=1S/C68H131NO18/c1-3-5-7-9-11-13-15-17-19-21-23-24-25-26-28-29-31-33-35-37-39-41-43-45-52(73)51(69-56(74)46-44-42-40-38-36-34-32-30-27-22-20-18-16-14-12-10-8-6-4-2)50-82-66-62(80)59(77)64(54(48-71)84-66)87-68-63(81)60(78)65(55(49-72)85-68)86-67-61(79)58(76)57(75)53(47-70)83-67/h51-55,57-68,70-73,75-81H,3-50H2,1-2H3,(H,69,74). The molecule has 3 aliphatic rings. The molecular formula is C68H131NO18. The smallest absolute Gasteiger partial charge is 0.220 e. The fraction of sp³-hybridized carbons (Fsp3) is 0.985. The molecule has 3 aliphatic heterocycles. The van der Waals surface area contributed by atoms with Crippen LogP contribution in [0.1, 0.15) is 296 Å². The molecule has 0 aromatic heterocycles. The van der Waals surface area contributed by atoms with Gasteiger partial charge in [0.05, 0.1) is 38.6 Å². The molecule has 0 spiro atoms. The van der Waals surface area contributed by atoms with Gasteiger partial charge in [0.1, 0.15) is 73.2 Å². The van der Waals surface area contributed by atoms with Crippen LogP contribution >= 0.6 is 0 Å². The molecule has 0 aromatic rings. The Balaban J connectivity index is 1.42. The second-order valence-corrected chi connectivity index (χ2v) is 26.1. The number of nitrogens with one attached hydrogen (secondary N) is 1. The van der Waals surface area contributed by atoms with Crippen molar-refractivity contribution in [3.63, 3.8) is 0 Å². The molecule has 0 saturated carbocycles. The van der Waals surface area contributed by atoms with Crippen LogP contribution in [0.2, 0.25) is 0 Å². The SMILES string of the molecule is CCCCCCCCCCCCCCCCCCCCCCCCCC(O)C(COC1OC(CO)C(OC2OC(CO)C(OC3OC(CO)C(O)C(O)C3O)C(O)C2O)C(O)C1O)NC(=O)CCCCCCCCCCCCCCCCCCCCC. The lowest BCUT2D eigenvalue weighted by molar-refractivity contribution is -0.379. The number of unbranched alkanes of at least 4 members (excludes halogenated alkanes) is 40. The number of aliphatic hydroxyl groups is 11. The van der Waals surface area contributed by atoms with E-state index in [4.69, 9.17) is 28.4 Å². The molecule has 3 rings (SSSR count). The van der Waals surface area contributed by atoms with Crippen molar-refractivity contribution in [2.24, 2.45) is 0 Å². The second-order valence-electron chi connectivity index (χ2n) is 26.1. The van der Waals surface area contributed by atoms with Crippen molar-refractivity contribution in [1.29, 1.82) is 0 Å². The van der Waals surface area contributed by atoms with E-state index in [9.17, 15) is 61.0 Å². The summed E-state index contributed by atoms with van der Waals surface area (Å²) in [4.78, 5) is 13.4. The number of aliphatic hydroxyl groups excluding tert-OH is 11. The Kier molecular flexibility index (Phi) is 47.1. The van der Waals surface area contributed by atoms with E-state index in [1.165, 1.54) is 218 Å². The largest absolute Gasteiger partial charge is 0.394 e. The first kappa shape index (κ1) is 80.0. The molecule has 516 valence electrons. The minimum absolute atomic E-state index is 0.235. The van der Waals surface area contributed by atoms with E-state index in [-0.39, 0.29) is 18.9 Å². The zero-order chi connectivity index (χ0) is 63.3. The lowest BCUT2D eigenvalue weighted by Crippen LogP contribution is -2.66. The van der Waals surface area contributed by atoms with E-state index in [1.54, 1.807) is 0 Å². The highest BCUT2D eigenvalue weighted by Crippen LogP contribution is 2.33. The van der Waals surface area contributed by atoms with Crippen LogP contribution in [0.4, 0.5) is 0 Å². The number of hydrogen-bond acceptors (Lipinski definition) is 18. The molecule has 0 radical (unpaired) electrons. The first-order valence-electron chi connectivity index (χ1n) is 35.8. The lowest BCUT2D eigenvalue weighted by atomic mass is 9.96. The molecule has 0 aromatic carbocycles. The molecule has 19 heteroatoms. The minimum atomic E-state index is -1.97. The number of hydrogen-bond donors (Lipinski definition) is 12.